The van der Waals surface area contributed by atoms with Gasteiger partial charge in [-0.05, 0) is 38.0 Å². The molecule has 1 saturated heterocycles. The molecule has 2 aromatic heterocycles. The molecule has 3 heterocycles. The van der Waals surface area contributed by atoms with Gasteiger partial charge >= 0.3 is 6.09 Å². The summed E-state index contributed by atoms with van der Waals surface area (Å²) in [6.07, 6.45) is 7.86. The second-order valence-corrected chi connectivity index (χ2v) is 8.81. The first-order valence-electron chi connectivity index (χ1n) is 10.9. The maximum Gasteiger partial charge on any atom is 0.405 e. The van der Waals surface area contributed by atoms with Gasteiger partial charge in [0, 0.05) is 42.8 Å². The van der Waals surface area contributed by atoms with Crippen LogP contribution in [-0.4, -0.2) is 44.9 Å². The Balaban J connectivity index is 1.48. The summed E-state index contributed by atoms with van der Waals surface area (Å²) < 4.78 is 20.2. The zero-order valence-corrected chi connectivity index (χ0v) is 18.2. The van der Waals surface area contributed by atoms with Crippen LogP contribution in [0, 0.1) is 18.2 Å². The van der Waals surface area contributed by atoms with E-state index < -0.39 is 17.5 Å². The Hall–Kier alpha value is -3.87. The fourth-order valence-electron chi connectivity index (χ4n) is 4.15. The van der Waals surface area contributed by atoms with Gasteiger partial charge in [-0.2, -0.15) is 10.1 Å². The lowest BCUT2D eigenvalue weighted by atomic mass is 9.93. The van der Waals surface area contributed by atoms with Gasteiger partial charge in [0.15, 0.2) is 11.6 Å². The number of anilines is 3. The number of nitrogens with two attached hydrogens (primary N) is 1. The monoisotopic (exact) mass is 449 g/mol. The minimum absolute atomic E-state index is 0.0926. The molecule has 1 saturated carbocycles. The van der Waals surface area contributed by atoms with Crippen LogP contribution in [0.4, 0.5) is 26.8 Å². The highest BCUT2D eigenvalue weighted by atomic mass is 19.1. The van der Waals surface area contributed by atoms with E-state index in [1.165, 1.54) is 0 Å². The molecule has 5 rings (SSSR count). The predicted molar refractivity (Wildman–Crippen MR) is 122 cm³/mol. The number of primary amides is 1. The number of fused-ring (bicyclic) bond motifs is 1. The molecule has 9 nitrogen and oxygen atoms in total. The summed E-state index contributed by atoms with van der Waals surface area (Å²) in [6.45, 7) is 3.00. The van der Waals surface area contributed by atoms with E-state index in [1.807, 2.05) is 17.9 Å². The van der Waals surface area contributed by atoms with Gasteiger partial charge in [0.1, 0.15) is 11.4 Å². The molecule has 33 heavy (non-hydrogen) atoms. The number of halogens is 1. The highest BCUT2D eigenvalue weighted by molar-refractivity contribution is 5.92. The van der Waals surface area contributed by atoms with Gasteiger partial charge in [-0.1, -0.05) is 5.92 Å². The molecule has 2 aliphatic rings. The number of rotatable bonds is 5. The molecule has 3 aromatic rings. The number of ether oxygens (including phenoxy) is 1. The largest absolute Gasteiger partial charge is 0.443 e. The van der Waals surface area contributed by atoms with E-state index in [2.05, 4.69) is 21.4 Å². The first-order valence-corrected chi connectivity index (χ1v) is 10.9. The van der Waals surface area contributed by atoms with Gasteiger partial charge in [0.25, 0.3) is 0 Å². The number of nitrogens with one attached hydrogen (secondary N) is 2. The Morgan fingerprint density at radius 3 is 2.76 bits per heavy atom. The van der Waals surface area contributed by atoms with Crippen molar-refractivity contribution in [1.82, 2.24) is 20.2 Å². The number of benzene rings is 1. The Bertz CT molecular complexity index is 1270. The maximum absolute atomic E-state index is 14.9. The van der Waals surface area contributed by atoms with E-state index in [-0.39, 0.29) is 11.7 Å². The van der Waals surface area contributed by atoms with Crippen LogP contribution in [0.15, 0.2) is 18.2 Å². The third-order valence-electron chi connectivity index (χ3n) is 6.26. The van der Waals surface area contributed by atoms with Crippen LogP contribution in [0.25, 0.3) is 10.9 Å². The van der Waals surface area contributed by atoms with Gasteiger partial charge < -0.3 is 20.7 Å². The standard InChI is InChI=1S/C23H24FN7O2/c1-3-13-4-7-16-15(12-13)19(27-20-17(24)18(29-30-20)14-5-6-14)28-22(26-16)31-10-8-23(2,9-11-31)33-21(25)32/h1,4,7,12,14H,5-6,8-11H2,2H3,(H2,25,32)(H2,26,27,28,29,30). The number of carbonyl (C=O) groups is 1. The quantitative estimate of drug-likeness (QED) is 0.509. The number of H-pyrrole nitrogens is 1. The van der Waals surface area contributed by atoms with Crippen molar-refractivity contribution in [2.45, 2.75) is 44.1 Å². The average molecular weight is 449 g/mol. The Morgan fingerprint density at radius 1 is 1.33 bits per heavy atom. The van der Waals surface area contributed by atoms with Crippen molar-refractivity contribution in [3.8, 4) is 12.3 Å². The topological polar surface area (TPSA) is 122 Å². The van der Waals surface area contributed by atoms with Gasteiger partial charge in [0.2, 0.25) is 5.95 Å². The average Bonchev–Trinajstić information content (AvgIpc) is 3.57. The SMILES string of the molecule is C#Cc1ccc2nc(N3CCC(C)(OC(N)=O)CC3)nc(Nc3n[nH]c(C4CC4)c3F)c2c1. The number of aromatic amines is 1. The Labute approximate surface area is 189 Å². The van der Waals surface area contributed by atoms with E-state index in [0.29, 0.717) is 59.9 Å². The van der Waals surface area contributed by atoms with Crippen LogP contribution in [0.1, 0.15) is 49.8 Å². The van der Waals surface area contributed by atoms with Crippen LogP contribution < -0.4 is 16.0 Å². The molecule has 1 aromatic carbocycles. The highest BCUT2D eigenvalue weighted by Gasteiger charge is 2.34. The molecular formula is C23H24FN7O2. The lowest BCUT2D eigenvalue weighted by Crippen LogP contribution is -2.46. The van der Waals surface area contributed by atoms with Crippen molar-refractivity contribution in [3.63, 3.8) is 0 Å². The van der Waals surface area contributed by atoms with E-state index in [9.17, 15) is 9.18 Å². The molecule has 10 heteroatoms. The second kappa shape index (κ2) is 7.92. The number of hydrogen-bond donors (Lipinski definition) is 3. The van der Waals surface area contributed by atoms with Crippen molar-refractivity contribution < 1.29 is 13.9 Å². The molecule has 1 aliphatic carbocycles. The van der Waals surface area contributed by atoms with Crippen LogP contribution in [-0.2, 0) is 4.74 Å². The van der Waals surface area contributed by atoms with Gasteiger partial charge in [0.05, 0.1) is 11.2 Å². The third-order valence-corrected chi connectivity index (χ3v) is 6.26. The van der Waals surface area contributed by atoms with Crippen molar-refractivity contribution in [2.75, 3.05) is 23.3 Å². The zero-order valence-electron chi connectivity index (χ0n) is 18.2. The zero-order chi connectivity index (χ0) is 23.2. The number of terminal acetylenes is 1. The van der Waals surface area contributed by atoms with Gasteiger partial charge in [-0.3, -0.25) is 5.10 Å². The van der Waals surface area contributed by atoms with Crippen LogP contribution in [0.5, 0.6) is 0 Å². The molecule has 0 unspecified atom stereocenters. The number of piperidine rings is 1. The Kier molecular flexibility index (Phi) is 5.04. The third kappa shape index (κ3) is 4.14. The first-order chi connectivity index (χ1) is 15.8. The fourth-order valence-corrected chi connectivity index (χ4v) is 4.15. The lowest BCUT2D eigenvalue weighted by Gasteiger charge is -2.38. The minimum atomic E-state index is -0.782. The summed E-state index contributed by atoms with van der Waals surface area (Å²) in [5, 5.41) is 10.6. The molecule has 2 fully saturated rings. The molecule has 4 N–H and O–H groups in total. The van der Waals surface area contributed by atoms with Crippen LogP contribution in [0.2, 0.25) is 0 Å². The summed E-state index contributed by atoms with van der Waals surface area (Å²) in [5.74, 6) is 3.41. The summed E-state index contributed by atoms with van der Waals surface area (Å²) in [6, 6.07) is 5.42. The lowest BCUT2D eigenvalue weighted by molar-refractivity contribution is 0.0125. The molecule has 1 amide bonds. The van der Waals surface area contributed by atoms with E-state index >= 15 is 0 Å². The number of hydrogen-bond acceptors (Lipinski definition) is 7. The first kappa shape index (κ1) is 21.0. The number of carbonyl (C=O) groups excluding carboxylic acids is 1. The van der Waals surface area contributed by atoms with E-state index in [1.54, 1.807) is 12.1 Å². The second-order valence-electron chi connectivity index (χ2n) is 8.81. The van der Waals surface area contributed by atoms with Crippen molar-refractivity contribution in [2.24, 2.45) is 5.73 Å². The molecule has 1 aliphatic heterocycles. The van der Waals surface area contributed by atoms with Crippen molar-refractivity contribution in [3.05, 3.63) is 35.3 Å². The minimum Gasteiger partial charge on any atom is -0.443 e. The summed E-state index contributed by atoms with van der Waals surface area (Å²) in [4.78, 5) is 22.6. The smallest absolute Gasteiger partial charge is 0.405 e. The summed E-state index contributed by atoms with van der Waals surface area (Å²) >= 11 is 0. The summed E-state index contributed by atoms with van der Waals surface area (Å²) in [5.41, 5.74) is 6.44. The molecule has 0 spiro atoms. The molecule has 0 atom stereocenters. The van der Waals surface area contributed by atoms with Gasteiger partial charge in [-0.15, -0.1) is 6.42 Å². The molecule has 170 valence electrons. The number of nitrogens with zero attached hydrogens (tertiary/aromatic N) is 4. The van der Waals surface area contributed by atoms with Gasteiger partial charge in [-0.25, -0.2) is 14.2 Å². The highest BCUT2D eigenvalue weighted by Crippen LogP contribution is 2.42. The number of amides is 1. The van der Waals surface area contributed by atoms with Crippen LogP contribution >= 0.6 is 0 Å². The summed E-state index contributed by atoms with van der Waals surface area (Å²) in [7, 11) is 0. The predicted octanol–water partition coefficient (Wildman–Crippen LogP) is 3.55. The maximum atomic E-state index is 14.9. The Morgan fingerprint density at radius 2 is 2.09 bits per heavy atom. The van der Waals surface area contributed by atoms with Crippen LogP contribution in [0.3, 0.4) is 0 Å². The van der Waals surface area contributed by atoms with E-state index in [4.69, 9.17) is 26.9 Å². The fraction of sp³-hybridized carbons (Fsp3) is 0.391. The normalized spacial score (nSPS) is 17.5. The van der Waals surface area contributed by atoms with Crippen molar-refractivity contribution in [1.29, 1.82) is 0 Å². The molecular weight excluding hydrogens is 425 g/mol. The molecule has 0 bridgehead atoms. The van der Waals surface area contributed by atoms with E-state index in [0.717, 1.165) is 12.8 Å². The number of aromatic nitrogens is 4. The molecule has 0 radical (unpaired) electrons. The van der Waals surface area contributed by atoms with Crippen molar-refractivity contribution >= 4 is 34.6 Å².